The summed E-state index contributed by atoms with van der Waals surface area (Å²) in [5.41, 5.74) is 2.33. The molecule has 0 saturated carbocycles. The van der Waals surface area contributed by atoms with E-state index in [2.05, 4.69) is 22.1 Å². The van der Waals surface area contributed by atoms with Crippen molar-refractivity contribution in [1.82, 2.24) is 14.8 Å². The topological polar surface area (TPSA) is 69.0 Å². The van der Waals surface area contributed by atoms with Gasteiger partial charge < -0.3 is 10.1 Å². The minimum Gasteiger partial charge on any atom is -0.483 e. The molecule has 1 unspecified atom stereocenters. The zero-order valence-corrected chi connectivity index (χ0v) is 21.4. The Morgan fingerprint density at radius 1 is 1.21 bits per heavy atom. The highest BCUT2D eigenvalue weighted by atomic mass is 35.5. The summed E-state index contributed by atoms with van der Waals surface area (Å²) in [5, 5.41) is 13.3. The molecule has 174 valence electrons. The predicted octanol–water partition coefficient (Wildman–Crippen LogP) is 6.91. The maximum Gasteiger partial charge on any atom is 0.234 e. The molecule has 0 aliphatic rings. The van der Waals surface area contributed by atoms with Crippen LogP contribution in [0.3, 0.4) is 0 Å². The van der Waals surface area contributed by atoms with Crippen LogP contribution in [0.15, 0.2) is 48.1 Å². The number of hydrogen-bond donors (Lipinski definition) is 1. The molecule has 1 amide bonds. The number of allylic oxidation sites excluding steroid dienone is 1. The molecule has 0 fully saturated rings. The quantitative estimate of drug-likeness (QED) is 0.243. The third-order valence-electron chi connectivity index (χ3n) is 4.70. The maximum absolute atomic E-state index is 12.4. The summed E-state index contributed by atoms with van der Waals surface area (Å²) in [4.78, 5) is 12.4. The fraction of sp³-hybridized carbons (Fsp3) is 0.261. The van der Waals surface area contributed by atoms with Crippen molar-refractivity contribution in [3.8, 4) is 5.75 Å². The lowest BCUT2D eigenvalue weighted by Gasteiger charge is -2.17. The molecule has 0 aliphatic carbocycles. The molecule has 0 aliphatic heterocycles. The summed E-state index contributed by atoms with van der Waals surface area (Å²) >= 11 is 19.7. The Morgan fingerprint density at radius 3 is 2.58 bits per heavy atom. The first kappa shape index (κ1) is 25.4. The lowest BCUT2D eigenvalue weighted by atomic mass is 10.1. The lowest BCUT2D eigenvalue weighted by molar-refractivity contribution is -0.113. The van der Waals surface area contributed by atoms with Gasteiger partial charge in [0.1, 0.15) is 5.75 Å². The predicted molar refractivity (Wildman–Crippen MR) is 136 cm³/mol. The average molecular weight is 526 g/mol. The Balaban J connectivity index is 1.71. The van der Waals surface area contributed by atoms with E-state index < -0.39 is 0 Å². The largest absolute Gasteiger partial charge is 0.483 e. The van der Waals surface area contributed by atoms with E-state index >= 15 is 0 Å². The van der Waals surface area contributed by atoms with Crippen molar-refractivity contribution in [3.05, 3.63) is 75.0 Å². The molecule has 1 atom stereocenters. The molecule has 33 heavy (non-hydrogen) atoms. The first-order chi connectivity index (χ1) is 15.7. The number of amides is 1. The molecule has 10 heteroatoms. The van der Waals surface area contributed by atoms with Crippen LogP contribution in [0.4, 0.5) is 5.69 Å². The van der Waals surface area contributed by atoms with Crippen molar-refractivity contribution in [2.24, 2.45) is 0 Å². The molecule has 1 N–H and O–H groups in total. The minimum absolute atomic E-state index is 0.114. The van der Waals surface area contributed by atoms with E-state index in [9.17, 15) is 4.79 Å². The van der Waals surface area contributed by atoms with Crippen molar-refractivity contribution in [2.45, 2.75) is 38.6 Å². The zero-order valence-electron chi connectivity index (χ0n) is 18.4. The van der Waals surface area contributed by atoms with Gasteiger partial charge in [0.05, 0.1) is 21.5 Å². The van der Waals surface area contributed by atoms with Crippen LogP contribution < -0.4 is 10.1 Å². The number of aryl methyl sites for hydroxylation is 2. The van der Waals surface area contributed by atoms with Crippen LogP contribution in [0.1, 0.15) is 30.0 Å². The van der Waals surface area contributed by atoms with Gasteiger partial charge in [-0.05, 0) is 56.2 Å². The van der Waals surface area contributed by atoms with Crippen LogP contribution in [0.5, 0.6) is 5.75 Å². The number of halogens is 3. The van der Waals surface area contributed by atoms with Gasteiger partial charge in [0.15, 0.2) is 17.1 Å². The van der Waals surface area contributed by atoms with E-state index in [4.69, 9.17) is 39.5 Å². The van der Waals surface area contributed by atoms with E-state index in [0.717, 1.165) is 16.1 Å². The third kappa shape index (κ3) is 6.23. The van der Waals surface area contributed by atoms with E-state index in [0.29, 0.717) is 39.0 Å². The highest BCUT2D eigenvalue weighted by Gasteiger charge is 2.20. The standard InChI is InChI=1S/C23H23Cl3N4O2S/c1-5-9-30-22(15(4)32-16-10-13(2)20(25)14(3)11-16)28-29-23(30)33-12-19(31)27-18-8-6-7-17(24)21(18)26/h5-8,10-11,15H,1,9,12H2,2-4H3,(H,27,31). The van der Waals surface area contributed by atoms with Crippen LogP contribution in [0.2, 0.25) is 15.1 Å². The molecular formula is C23H23Cl3N4O2S. The Bertz CT molecular complexity index is 1160. The minimum atomic E-state index is -0.383. The van der Waals surface area contributed by atoms with Crippen LogP contribution >= 0.6 is 46.6 Å². The molecule has 1 aromatic heterocycles. The number of carbonyl (C=O) groups excluding carboxylic acids is 1. The number of ether oxygens (including phenoxy) is 1. The third-order valence-corrected chi connectivity index (χ3v) is 7.08. The van der Waals surface area contributed by atoms with Crippen LogP contribution in [0, 0.1) is 13.8 Å². The Morgan fingerprint density at radius 2 is 1.91 bits per heavy atom. The summed E-state index contributed by atoms with van der Waals surface area (Å²) in [6.07, 6.45) is 1.36. The number of thioether (sulfide) groups is 1. The summed E-state index contributed by atoms with van der Waals surface area (Å²) < 4.78 is 7.99. The van der Waals surface area contributed by atoms with Crippen LogP contribution in [0.25, 0.3) is 0 Å². The number of carbonyl (C=O) groups is 1. The van der Waals surface area contributed by atoms with Crippen molar-refractivity contribution in [3.63, 3.8) is 0 Å². The number of benzene rings is 2. The van der Waals surface area contributed by atoms with Gasteiger partial charge in [0.25, 0.3) is 0 Å². The summed E-state index contributed by atoms with van der Waals surface area (Å²) in [7, 11) is 0. The van der Waals surface area contributed by atoms with Gasteiger partial charge >= 0.3 is 0 Å². The summed E-state index contributed by atoms with van der Waals surface area (Å²) in [6.45, 7) is 10.0. The van der Waals surface area contributed by atoms with Gasteiger partial charge in [0.2, 0.25) is 5.91 Å². The first-order valence-electron chi connectivity index (χ1n) is 10.0. The second-order valence-electron chi connectivity index (χ2n) is 7.31. The number of nitrogens with one attached hydrogen (secondary N) is 1. The van der Waals surface area contributed by atoms with Crippen molar-refractivity contribution < 1.29 is 9.53 Å². The van der Waals surface area contributed by atoms with Crippen molar-refractivity contribution in [2.75, 3.05) is 11.1 Å². The van der Waals surface area contributed by atoms with Crippen molar-refractivity contribution in [1.29, 1.82) is 0 Å². The Hall–Kier alpha value is -2.19. The molecule has 0 spiro atoms. The number of rotatable bonds is 9. The SMILES string of the molecule is C=CCn1c(SCC(=O)Nc2cccc(Cl)c2Cl)nnc1C(C)Oc1cc(C)c(Cl)c(C)c1. The second kappa shape index (κ2) is 11.3. The number of aromatic nitrogens is 3. The molecule has 3 rings (SSSR count). The smallest absolute Gasteiger partial charge is 0.234 e. The highest BCUT2D eigenvalue weighted by Crippen LogP contribution is 2.31. The van der Waals surface area contributed by atoms with Gasteiger partial charge in [-0.2, -0.15) is 0 Å². The van der Waals surface area contributed by atoms with E-state index in [1.807, 2.05) is 37.5 Å². The Labute approximate surface area is 212 Å². The normalized spacial score (nSPS) is 11.8. The van der Waals surface area contributed by atoms with Crippen molar-refractivity contribution >= 4 is 58.2 Å². The first-order valence-corrected chi connectivity index (χ1v) is 12.2. The monoisotopic (exact) mass is 524 g/mol. The zero-order chi connectivity index (χ0) is 24.1. The lowest BCUT2D eigenvalue weighted by Crippen LogP contribution is -2.16. The van der Waals surface area contributed by atoms with Gasteiger partial charge in [-0.15, -0.1) is 16.8 Å². The molecular weight excluding hydrogens is 503 g/mol. The summed E-state index contributed by atoms with van der Waals surface area (Å²) in [6, 6.07) is 8.84. The molecule has 0 bridgehead atoms. The molecule has 3 aromatic rings. The Kier molecular flexibility index (Phi) is 8.70. The molecule has 1 heterocycles. The van der Waals surface area contributed by atoms with Crippen LogP contribution in [-0.4, -0.2) is 26.4 Å². The van der Waals surface area contributed by atoms with E-state index in [-0.39, 0.29) is 17.8 Å². The van der Waals surface area contributed by atoms with Gasteiger partial charge in [0, 0.05) is 11.6 Å². The van der Waals surface area contributed by atoms with Crippen LogP contribution in [-0.2, 0) is 11.3 Å². The highest BCUT2D eigenvalue weighted by molar-refractivity contribution is 7.99. The second-order valence-corrected chi connectivity index (χ2v) is 9.42. The van der Waals surface area contributed by atoms with Gasteiger partial charge in [-0.3, -0.25) is 9.36 Å². The maximum atomic E-state index is 12.4. The fourth-order valence-corrected chi connectivity index (χ4v) is 4.37. The number of nitrogens with zero attached hydrogens (tertiary/aromatic N) is 3. The molecule has 0 radical (unpaired) electrons. The fourth-order valence-electron chi connectivity index (χ4n) is 3.16. The van der Waals surface area contributed by atoms with Gasteiger partial charge in [-0.25, -0.2) is 0 Å². The average Bonchev–Trinajstić information content (AvgIpc) is 3.17. The van der Waals surface area contributed by atoms with E-state index in [1.165, 1.54) is 11.8 Å². The van der Waals surface area contributed by atoms with Gasteiger partial charge in [-0.1, -0.05) is 58.7 Å². The summed E-state index contributed by atoms with van der Waals surface area (Å²) in [5.74, 6) is 1.20. The number of anilines is 1. The molecule has 6 nitrogen and oxygen atoms in total. The van der Waals surface area contributed by atoms with E-state index in [1.54, 1.807) is 24.3 Å². The molecule has 2 aromatic carbocycles. The molecule has 0 saturated heterocycles. The number of hydrogen-bond acceptors (Lipinski definition) is 5.